The molecular formula is C17H16F2N2O4. The predicted octanol–water partition coefficient (Wildman–Crippen LogP) is 3.83. The van der Waals surface area contributed by atoms with Gasteiger partial charge in [0.15, 0.2) is 11.5 Å². The van der Waals surface area contributed by atoms with Crippen molar-refractivity contribution in [3.05, 3.63) is 53.6 Å². The van der Waals surface area contributed by atoms with Crippen LogP contribution >= 0.6 is 0 Å². The van der Waals surface area contributed by atoms with Crippen LogP contribution in [-0.2, 0) is 0 Å². The van der Waals surface area contributed by atoms with Crippen molar-refractivity contribution in [1.82, 2.24) is 0 Å². The number of benzene rings is 2. The zero-order chi connectivity index (χ0) is 18.4. The number of carboxylic acid groups (broad SMARTS) is 1. The fourth-order valence-corrected chi connectivity index (χ4v) is 2.02. The highest BCUT2D eigenvalue weighted by atomic mass is 19.3. The second-order valence-electron chi connectivity index (χ2n) is 4.94. The maximum absolute atomic E-state index is 12.3. The van der Waals surface area contributed by atoms with Gasteiger partial charge in [0, 0.05) is 5.56 Å². The second-order valence-corrected chi connectivity index (χ2v) is 4.94. The summed E-state index contributed by atoms with van der Waals surface area (Å²) >= 11 is 0. The highest BCUT2D eigenvalue weighted by Gasteiger charge is 2.12. The summed E-state index contributed by atoms with van der Waals surface area (Å²) in [6.45, 7) is -1.24. The van der Waals surface area contributed by atoms with Crippen molar-refractivity contribution in [3.8, 4) is 11.5 Å². The molecule has 0 spiro atoms. The fourth-order valence-electron chi connectivity index (χ4n) is 2.02. The maximum Gasteiger partial charge on any atom is 0.387 e. The Bertz CT molecular complexity index is 794. The van der Waals surface area contributed by atoms with Gasteiger partial charge >= 0.3 is 12.6 Å². The molecule has 0 saturated heterocycles. The number of ether oxygens (including phenoxy) is 2. The van der Waals surface area contributed by atoms with E-state index < -0.39 is 12.6 Å². The van der Waals surface area contributed by atoms with Crippen LogP contribution < -0.4 is 14.9 Å². The van der Waals surface area contributed by atoms with E-state index in [2.05, 4.69) is 15.3 Å². The van der Waals surface area contributed by atoms with Gasteiger partial charge in [-0.2, -0.15) is 13.9 Å². The van der Waals surface area contributed by atoms with Gasteiger partial charge in [0.1, 0.15) is 0 Å². The van der Waals surface area contributed by atoms with E-state index in [0.29, 0.717) is 17.0 Å². The maximum atomic E-state index is 12.3. The Morgan fingerprint density at radius 2 is 1.92 bits per heavy atom. The molecule has 0 atom stereocenters. The van der Waals surface area contributed by atoms with Crippen LogP contribution in [0.15, 0.2) is 47.6 Å². The molecule has 2 aromatic rings. The number of halogens is 2. The molecule has 0 heterocycles. The molecule has 2 rings (SSSR count). The number of anilines is 1. The molecule has 2 N–H and O–H groups in total. The number of rotatable bonds is 7. The Kier molecular flexibility index (Phi) is 5.89. The van der Waals surface area contributed by atoms with E-state index in [-0.39, 0.29) is 17.1 Å². The lowest BCUT2D eigenvalue weighted by Crippen LogP contribution is -2.05. The average Bonchev–Trinajstić information content (AvgIpc) is 2.59. The molecule has 0 aliphatic rings. The zero-order valence-electron chi connectivity index (χ0n) is 13.5. The Morgan fingerprint density at radius 1 is 1.16 bits per heavy atom. The Hall–Kier alpha value is -3.16. The minimum Gasteiger partial charge on any atom is -0.493 e. The van der Waals surface area contributed by atoms with Gasteiger partial charge in [-0.15, -0.1) is 0 Å². The number of carbonyl (C=O) groups is 1. The van der Waals surface area contributed by atoms with E-state index in [9.17, 15) is 13.6 Å². The van der Waals surface area contributed by atoms with Gasteiger partial charge in [0.25, 0.3) is 0 Å². The summed E-state index contributed by atoms with van der Waals surface area (Å²) in [5.41, 5.74) is 4.56. The number of carboxylic acids is 1. The average molecular weight is 350 g/mol. The van der Waals surface area contributed by atoms with Crippen molar-refractivity contribution in [1.29, 1.82) is 0 Å². The highest BCUT2D eigenvalue weighted by molar-refractivity contribution is 5.99. The zero-order valence-corrected chi connectivity index (χ0v) is 13.5. The summed E-state index contributed by atoms with van der Waals surface area (Å²) < 4.78 is 34.1. The van der Waals surface area contributed by atoms with Gasteiger partial charge in [-0.1, -0.05) is 6.07 Å². The van der Waals surface area contributed by atoms with Gasteiger partial charge in [-0.3, -0.25) is 5.43 Å². The van der Waals surface area contributed by atoms with Gasteiger partial charge in [0.2, 0.25) is 0 Å². The molecule has 132 valence electrons. The van der Waals surface area contributed by atoms with Crippen LogP contribution in [0.4, 0.5) is 14.5 Å². The molecule has 0 radical (unpaired) electrons. The third kappa shape index (κ3) is 4.90. The lowest BCUT2D eigenvalue weighted by molar-refractivity contribution is -0.0512. The highest BCUT2D eigenvalue weighted by Crippen LogP contribution is 2.29. The van der Waals surface area contributed by atoms with Crippen LogP contribution in [-0.4, -0.2) is 30.5 Å². The normalized spacial score (nSPS) is 11.3. The number of aromatic carboxylic acids is 1. The minimum absolute atomic E-state index is 0.0730. The summed E-state index contributed by atoms with van der Waals surface area (Å²) in [5, 5.41) is 13.1. The Labute approximate surface area is 142 Å². The third-order valence-corrected chi connectivity index (χ3v) is 3.26. The van der Waals surface area contributed by atoms with Crippen molar-refractivity contribution in [3.63, 3.8) is 0 Å². The number of hydrogen-bond acceptors (Lipinski definition) is 5. The molecule has 0 aromatic heterocycles. The molecule has 6 nitrogen and oxygen atoms in total. The Morgan fingerprint density at radius 3 is 2.56 bits per heavy atom. The van der Waals surface area contributed by atoms with Crippen LogP contribution in [0.1, 0.15) is 22.8 Å². The quantitative estimate of drug-likeness (QED) is 0.586. The molecule has 0 bridgehead atoms. The SMILES string of the molecule is COc1cc(C(C)=NNc2cccc(C(=O)O)c2)ccc1OC(F)F. The number of hydrazone groups is 1. The van der Waals surface area contributed by atoms with Gasteiger partial charge < -0.3 is 14.6 Å². The van der Waals surface area contributed by atoms with Crippen LogP contribution in [0.3, 0.4) is 0 Å². The molecule has 0 aliphatic carbocycles. The third-order valence-electron chi connectivity index (χ3n) is 3.26. The monoisotopic (exact) mass is 350 g/mol. The van der Waals surface area contributed by atoms with Gasteiger partial charge in [-0.25, -0.2) is 4.79 Å². The lowest BCUT2D eigenvalue weighted by Gasteiger charge is -2.11. The van der Waals surface area contributed by atoms with Crippen molar-refractivity contribution in [2.45, 2.75) is 13.5 Å². The van der Waals surface area contributed by atoms with Crippen molar-refractivity contribution in [2.75, 3.05) is 12.5 Å². The summed E-state index contributed by atoms with van der Waals surface area (Å²) in [6.07, 6.45) is 0. The first kappa shape index (κ1) is 18.2. The summed E-state index contributed by atoms with van der Waals surface area (Å²) in [4.78, 5) is 10.9. The van der Waals surface area contributed by atoms with E-state index in [1.807, 2.05) is 0 Å². The fraction of sp³-hybridized carbons (Fsp3) is 0.176. The van der Waals surface area contributed by atoms with E-state index in [0.717, 1.165) is 0 Å². The topological polar surface area (TPSA) is 80.2 Å². The predicted molar refractivity (Wildman–Crippen MR) is 88.9 cm³/mol. The number of hydrogen-bond donors (Lipinski definition) is 2. The first-order chi connectivity index (χ1) is 11.9. The summed E-state index contributed by atoms with van der Waals surface area (Å²) in [7, 11) is 1.35. The molecule has 8 heteroatoms. The Balaban J connectivity index is 2.19. The largest absolute Gasteiger partial charge is 0.493 e. The number of alkyl halides is 2. The number of nitrogens with zero attached hydrogens (tertiary/aromatic N) is 1. The smallest absolute Gasteiger partial charge is 0.387 e. The first-order valence-corrected chi connectivity index (χ1v) is 7.17. The van der Waals surface area contributed by atoms with Crippen LogP contribution in [0.25, 0.3) is 0 Å². The summed E-state index contributed by atoms with van der Waals surface area (Å²) in [5.74, 6) is -0.958. The van der Waals surface area contributed by atoms with Crippen molar-refractivity contribution in [2.24, 2.45) is 5.10 Å². The molecule has 2 aromatic carbocycles. The van der Waals surface area contributed by atoms with Gasteiger partial charge in [0.05, 0.1) is 24.1 Å². The van der Waals surface area contributed by atoms with E-state index in [1.54, 1.807) is 25.1 Å². The van der Waals surface area contributed by atoms with Gasteiger partial charge in [-0.05, 0) is 43.3 Å². The van der Waals surface area contributed by atoms with E-state index in [4.69, 9.17) is 9.84 Å². The first-order valence-electron chi connectivity index (χ1n) is 7.17. The van der Waals surface area contributed by atoms with E-state index >= 15 is 0 Å². The number of methoxy groups -OCH3 is 1. The lowest BCUT2D eigenvalue weighted by atomic mass is 10.1. The molecule has 0 saturated carbocycles. The standard InChI is InChI=1S/C17H16F2N2O4/c1-10(20-21-13-5-3-4-12(8-13)16(22)23)11-6-7-14(25-17(18)19)15(9-11)24-2/h3-9,17,21H,1-2H3,(H,22,23). The molecule has 0 aliphatic heterocycles. The van der Waals surface area contributed by atoms with Crippen LogP contribution in [0.2, 0.25) is 0 Å². The van der Waals surface area contributed by atoms with Crippen molar-refractivity contribution < 1.29 is 28.2 Å². The molecule has 0 fully saturated rings. The molecule has 0 amide bonds. The van der Waals surface area contributed by atoms with Crippen molar-refractivity contribution >= 4 is 17.4 Å². The van der Waals surface area contributed by atoms with Crippen LogP contribution in [0.5, 0.6) is 11.5 Å². The second kappa shape index (κ2) is 8.09. The molecule has 0 unspecified atom stereocenters. The summed E-state index contributed by atoms with van der Waals surface area (Å²) in [6, 6.07) is 10.6. The molecular weight excluding hydrogens is 334 g/mol. The minimum atomic E-state index is -2.95. The van der Waals surface area contributed by atoms with E-state index in [1.165, 1.54) is 31.4 Å². The molecule has 25 heavy (non-hydrogen) atoms. The number of nitrogens with one attached hydrogen (secondary N) is 1. The van der Waals surface area contributed by atoms with Crippen LogP contribution in [0, 0.1) is 0 Å².